The molecule has 23 heavy (non-hydrogen) atoms. The highest BCUT2D eigenvalue weighted by Gasteiger charge is 2.50. The van der Waals surface area contributed by atoms with Crippen LogP contribution < -0.4 is 4.90 Å². The zero-order valence-corrected chi connectivity index (χ0v) is 13.4. The fraction of sp³-hybridized carbons (Fsp3) is 0.222. The minimum Gasteiger partial charge on any atom is -0.375 e. The minimum absolute atomic E-state index is 0.308. The Balaban J connectivity index is 2.00. The van der Waals surface area contributed by atoms with Crippen LogP contribution in [0.2, 0.25) is 5.02 Å². The first-order valence-electron chi connectivity index (χ1n) is 7.40. The van der Waals surface area contributed by atoms with E-state index in [-0.39, 0.29) is 12.2 Å². The van der Waals surface area contributed by atoms with Gasteiger partial charge < -0.3 is 10.0 Å². The summed E-state index contributed by atoms with van der Waals surface area (Å²) in [6, 6.07) is 13.6. The van der Waals surface area contributed by atoms with Crippen molar-refractivity contribution in [3.05, 3.63) is 64.7 Å². The number of carbonyl (C=O) groups excluding carboxylic acids is 2. The predicted octanol–water partition coefficient (Wildman–Crippen LogP) is 3.17. The fourth-order valence-corrected chi connectivity index (χ4v) is 3.25. The van der Waals surface area contributed by atoms with E-state index in [0.29, 0.717) is 28.4 Å². The Morgan fingerprint density at radius 2 is 1.83 bits per heavy atom. The molecular formula is C18H16ClNO3. The van der Waals surface area contributed by atoms with Gasteiger partial charge in [-0.3, -0.25) is 9.59 Å². The van der Waals surface area contributed by atoms with E-state index in [4.69, 9.17) is 11.6 Å². The molecule has 0 aliphatic carbocycles. The first-order valence-corrected chi connectivity index (χ1v) is 7.78. The Hall–Kier alpha value is -2.17. The van der Waals surface area contributed by atoms with Crippen molar-refractivity contribution in [2.45, 2.75) is 18.9 Å². The summed E-state index contributed by atoms with van der Waals surface area (Å²) in [7, 11) is 0. The highest BCUT2D eigenvalue weighted by molar-refractivity contribution is 6.34. The van der Waals surface area contributed by atoms with Crippen LogP contribution >= 0.6 is 11.6 Å². The van der Waals surface area contributed by atoms with E-state index in [2.05, 4.69) is 0 Å². The quantitative estimate of drug-likeness (QED) is 0.876. The molecule has 0 fully saturated rings. The van der Waals surface area contributed by atoms with Crippen LogP contribution in [0.15, 0.2) is 48.5 Å². The van der Waals surface area contributed by atoms with Crippen molar-refractivity contribution < 1.29 is 14.7 Å². The number of Topliss-reactive ketones (excluding diaryl/α,β-unsaturated/α-hetero) is 1. The normalized spacial score (nSPS) is 19.8. The lowest BCUT2D eigenvalue weighted by Crippen LogP contribution is -2.41. The number of aliphatic hydroxyl groups is 1. The number of hydrogen-bond acceptors (Lipinski definition) is 3. The average Bonchev–Trinajstić information content (AvgIpc) is 2.76. The van der Waals surface area contributed by atoms with Crippen LogP contribution in [0.3, 0.4) is 0 Å². The zero-order chi connectivity index (χ0) is 16.6. The molecule has 1 atom stereocenters. The van der Waals surface area contributed by atoms with Crippen molar-refractivity contribution in [1.82, 2.24) is 0 Å². The van der Waals surface area contributed by atoms with E-state index in [1.54, 1.807) is 48.5 Å². The highest BCUT2D eigenvalue weighted by atomic mass is 35.5. The maximum absolute atomic E-state index is 12.7. The summed E-state index contributed by atoms with van der Waals surface area (Å²) < 4.78 is 0. The third-order valence-electron chi connectivity index (χ3n) is 4.15. The molecule has 5 heteroatoms. The number of ketones is 1. The molecule has 0 aromatic heterocycles. The van der Waals surface area contributed by atoms with Gasteiger partial charge in [-0.25, -0.2) is 0 Å². The summed E-state index contributed by atoms with van der Waals surface area (Å²) >= 11 is 6.04. The smallest absolute Gasteiger partial charge is 0.264 e. The number of anilines is 1. The number of benzene rings is 2. The van der Waals surface area contributed by atoms with Crippen molar-refractivity contribution >= 4 is 29.0 Å². The number of rotatable bonds is 4. The first-order chi connectivity index (χ1) is 11.0. The predicted molar refractivity (Wildman–Crippen MR) is 88.8 cm³/mol. The van der Waals surface area contributed by atoms with Crippen LogP contribution in [0.25, 0.3) is 0 Å². The second kappa shape index (κ2) is 5.80. The van der Waals surface area contributed by atoms with E-state index in [0.717, 1.165) is 0 Å². The highest BCUT2D eigenvalue weighted by Crippen LogP contribution is 2.42. The monoisotopic (exact) mass is 329 g/mol. The average molecular weight is 330 g/mol. The summed E-state index contributed by atoms with van der Waals surface area (Å²) in [4.78, 5) is 26.7. The Bertz CT molecular complexity index is 789. The Morgan fingerprint density at radius 1 is 1.17 bits per heavy atom. The molecule has 0 bridgehead atoms. The molecule has 1 N–H and O–H groups in total. The van der Waals surface area contributed by atoms with Crippen LogP contribution in [-0.4, -0.2) is 23.3 Å². The van der Waals surface area contributed by atoms with Gasteiger partial charge in [0.15, 0.2) is 11.4 Å². The number of para-hydroxylation sites is 1. The van der Waals surface area contributed by atoms with Crippen LogP contribution in [0.5, 0.6) is 0 Å². The van der Waals surface area contributed by atoms with Gasteiger partial charge in [-0.2, -0.15) is 0 Å². The van der Waals surface area contributed by atoms with Gasteiger partial charge in [-0.1, -0.05) is 41.9 Å². The lowest BCUT2D eigenvalue weighted by molar-refractivity contribution is -0.135. The van der Waals surface area contributed by atoms with Crippen LogP contribution in [0.4, 0.5) is 5.69 Å². The van der Waals surface area contributed by atoms with Crippen LogP contribution in [0.1, 0.15) is 29.3 Å². The molecule has 0 saturated heterocycles. The molecule has 1 aliphatic heterocycles. The second-order valence-corrected chi connectivity index (χ2v) is 5.91. The van der Waals surface area contributed by atoms with Crippen molar-refractivity contribution in [3.8, 4) is 0 Å². The third kappa shape index (κ3) is 2.44. The van der Waals surface area contributed by atoms with Gasteiger partial charge in [0, 0.05) is 17.7 Å². The first kappa shape index (κ1) is 15.7. The summed E-state index contributed by atoms with van der Waals surface area (Å²) in [5, 5.41) is 11.3. The molecular weight excluding hydrogens is 314 g/mol. The molecule has 3 rings (SSSR count). The Labute approximate surface area is 139 Å². The van der Waals surface area contributed by atoms with Crippen molar-refractivity contribution in [2.24, 2.45) is 0 Å². The van der Waals surface area contributed by atoms with Gasteiger partial charge >= 0.3 is 0 Å². The number of nitrogens with zero attached hydrogens (tertiary/aromatic N) is 1. The number of hydrogen-bond donors (Lipinski definition) is 1. The van der Waals surface area contributed by atoms with Crippen molar-refractivity contribution in [1.29, 1.82) is 0 Å². The number of fused-ring (bicyclic) bond motifs is 1. The Morgan fingerprint density at radius 3 is 2.52 bits per heavy atom. The van der Waals surface area contributed by atoms with E-state index < -0.39 is 11.5 Å². The Kier molecular flexibility index (Phi) is 3.96. The molecule has 1 unspecified atom stereocenters. The maximum atomic E-state index is 12.7. The van der Waals surface area contributed by atoms with E-state index in [9.17, 15) is 14.7 Å². The molecule has 2 aromatic carbocycles. The number of amides is 1. The van der Waals surface area contributed by atoms with E-state index >= 15 is 0 Å². The maximum Gasteiger partial charge on any atom is 0.264 e. The largest absolute Gasteiger partial charge is 0.375 e. The topological polar surface area (TPSA) is 57.6 Å². The molecule has 4 nitrogen and oxygen atoms in total. The molecule has 0 spiro atoms. The molecule has 1 amide bonds. The fourth-order valence-electron chi connectivity index (χ4n) is 3.01. The van der Waals surface area contributed by atoms with Crippen molar-refractivity contribution in [2.75, 3.05) is 11.4 Å². The van der Waals surface area contributed by atoms with Gasteiger partial charge in [0.25, 0.3) is 5.91 Å². The molecule has 2 aromatic rings. The van der Waals surface area contributed by atoms with Crippen LogP contribution in [-0.2, 0) is 10.4 Å². The molecule has 1 aliphatic rings. The van der Waals surface area contributed by atoms with E-state index in [1.165, 1.54) is 4.90 Å². The summed E-state index contributed by atoms with van der Waals surface area (Å²) in [5.74, 6) is -0.833. The summed E-state index contributed by atoms with van der Waals surface area (Å²) in [5.41, 5.74) is -0.424. The molecule has 0 saturated carbocycles. The summed E-state index contributed by atoms with van der Waals surface area (Å²) in [6.45, 7) is 2.26. The van der Waals surface area contributed by atoms with E-state index in [1.807, 2.05) is 6.92 Å². The standard InChI is InChI=1S/C18H16ClNO3/c1-2-20-15-10-6-4-8-13(15)18(23,17(20)22)11-16(21)12-7-3-5-9-14(12)19/h3-10,23H,2,11H2,1H3. The lowest BCUT2D eigenvalue weighted by Gasteiger charge is -2.22. The number of likely N-dealkylation sites (N-methyl/N-ethyl adjacent to an activating group) is 1. The van der Waals surface area contributed by atoms with Crippen molar-refractivity contribution in [3.63, 3.8) is 0 Å². The van der Waals surface area contributed by atoms with Gasteiger partial charge in [-0.15, -0.1) is 0 Å². The third-order valence-corrected chi connectivity index (χ3v) is 4.48. The number of halogens is 1. The molecule has 118 valence electrons. The van der Waals surface area contributed by atoms with Gasteiger partial charge in [-0.05, 0) is 25.1 Å². The summed E-state index contributed by atoms with van der Waals surface area (Å²) in [6.07, 6.45) is -0.330. The SMILES string of the molecule is CCN1C(=O)C(O)(CC(=O)c2ccccc2Cl)c2ccccc21. The zero-order valence-electron chi connectivity index (χ0n) is 12.6. The molecule has 0 radical (unpaired) electrons. The number of carbonyl (C=O) groups is 2. The molecule has 1 heterocycles. The lowest BCUT2D eigenvalue weighted by atomic mass is 9.88. The van der Waals surface area contributed by atoms with Gasteiger partial charge in [0.1, 0.15) is 0 Å². The van der Waals surface area contributed by atoms with Crippen LogP contribution in [0, 0.1) is 0 Å². The minimum atomic E-state index is -1.84. The van der Waals surface area contributed by atoms with Gasteiger partial charge in [0.2, 0.25) is 0 Å². The second-order valence-electron chi connectivity index (χ2n) is 5.51. The van der Waals surface area contributed by atoms with Gasteiger partial charge in [0.05, 0.1) is 17.1 Å².